The minimum atomic E-state index is -0.458. The fraction of sp³-hybridized carbons (Fsp3) is 0.440. The molecule has 4 unspecified atom stereocenters. The second-order valence-electron chi connectivity index (χ2n) is 9.26. The number of nitrogens with one attached hydrogen (secondary N) is 1. The van der Waals surface area contributed by atoms with Gasteiger partial charge in [0.1, 0.15) is 24.2 Å². The number of nitrogens with zero attached hydrogens (tertiary/aromatic N) is 4. The van der Waals surface area contributed by atoms with Crippen LogP contribution in [0.1, 0.15) is 19.4 Å². The van der Waals surface area contributed by atoms with Gasteiger partial charge in [0.25, 0.3) is 5.91 Å². The van der Waals surface area contributed by atoms with Gasteiger partial charge in [0.2, 0.25) is 0 Å². The first-order chi connectivity index (χ1) is 16.4. The highest BCUT2D eigenvalue weighted by atomic mass is 35.5. The van der Waals surface area contributed by atoms with Crippen molar-refractivity contribution < 1.29 is 14.3 Å². The first-order valence-corrected chi connectivity index (χ1v) is 12.1. The number of halogens is 1. The molecule has 2 aromatic carbocycles. The van der Waals surface area contributed by atoms with E-state index in [2.05, 4.69) is 22.0 Å². The standard InChI is InChI=1S/C25H30ClN5O3/c1-4-34-20-10-8-19(9-11-20)29-13-16(2)14-30-21-22(27-24(29)30)28(3)25(33)31(23(21)32)15-17-6-5-7-18(26)12-17/h5-12,16,21-22,24,27H,4,13-15H2,1-3H3. The number of benzene rings is 2. The lowest BCUT2D eigenvalue weighted by molar-refractivity contribution is -0.139. The van der Waals surface area contributed by atoms with E-state index in [9.17, 15) is 9.59 Å². The molecule has 2 aromatic rings. The summed E-state index contributed by atoms with van der Waals surface area (Å²) in [5, 5.41) is 4.15. The molecule has 8 nitrogen and oxygen atoms in total. The Morgan fingerprint density at radius 3 is 2.59 bits per heavy atom. The predicted octanol–water partition coefficient (Wildman–Crippen LogP) is 3.17. The van der Waals surface area contributed by atoms with E-state index in [-0.39, 0.29) is 24.8 Å². The number of likely N-dealkylation sites (N-methyl/N-ethyl adjacent to an activating group) is 1. The fourth-order valence-corrected chi connectivity index (χ4v) is 5.50. The summed E-state index contributed by atoms with van der Waals surface area (Å²) in [6.45, 7) is 6.59. The van der Waals surface area contributed by atoms with Crippen LogP contribution in [-0.4, -0.2) is 71.9 Å². The number of hydrogen-bond acceptors (Lipinski definition) is 6. The number of rotatable bonds is 5. The highest BCUT2D eigenvalue weighted by Crippen LogP contribution is 2.35. The summed E-state index contributed by atoms with van der Waals surface area (Å²) in [5.74, 6) is 1.00. The van der Waals surface area contributed by atoms with Crippen molar-refractivity contribution in [3.05, 3.63) is 59.1 Å². The van der Waals surface area contributed by atoms with Gasteiger partial charge in [0.15, 0.2) is 0 Å². The molecule has 5 rings (SSSR count). The Morgan fingerprint density at radius 2 is 1.88 bits per heavy atom. The Labute approximate surface area is 205 Å². The number of ether oxygens (including phenoxy) is 1. The van der Waals surface area contributed by atoms with Gasteiger partial charge in [-0.2, -0.15) is 0 Å². The number of amides is 3. The molecule has 0 bridgehead atoms. The normalized spacial score (nSPS) is 27.1. The topological polar surface area (TPSA) is 68.4 Å². The van der Waals surface area contributed by atoms with E-state index in [0.717, 1.165) is 30.1 Å². The maximum Gasteiger partial charge on any atom is 0.328 e. The van der Waals surface area contributed by atoms with Gasteiger partial charge >= 0.3 is 6.03 Å². The van der Waals surface area contributed by atoms with Crippen LogP contribution in [0.25, 0.3) is 0 Å². The first-order valence-electron chi connectivity index (χ1n) is 11.7. The largest absolute Gasteiger partial charge is 0.494 e. The molecule has 180 valence electrons. The van der Waals surface area contributed by atoms with Gasteiger partial charge in [-0.15, -0.1) is 0 Å². The molecule has 0 spiro atoms. The molecule has 3 aliphatic rings. The van der Waals surface area contributed by atoms with Gasteiger partial charge in [0, 0.05) is 30.8 Å². The molecule has 0 aromatic heterocycles. The third kappa shape index (κ3) is 4.00. The van der Waals surface area contributed by atoms with E-state index in [1.807, 2.05) is 43.3 Å². The number of carbonyl (C=O) groups excluding carboxylic acids is 2. The lowest BCUT2D eigenvalue weighted by atomic mass is 10.0. The maximum absolute atomic E-state index is 13.7. The van der Waals surface area contributed by atoms with Crippen LogP contribution in [0, 0.1) is 5.92 Å². The summed E-state index contributed by atoms with van der Waals surface area (Å²) in [5.41, 5.74) is 1.87. The Balaban J connectivity index is 1.42. The summed E-state index contributed by atoms with van der Waals surface area (Å²) < 4.78 is 5.59. The predicted molar refractivity (Wildman–Crippen MR) is 130 cm³/mol. The molecule has 1 N–H and O–H groups in total. The third-order valence-electron chi connectivity index (χ3n) is 6.79. The van der Waals surface area contributed by atoms with Crippen molar-refractivity contribution in [1.82, 2.24) is 20.0 Å². The zero-order chi connectivity index (χ0) is 24.0. The SMILES string of the molecule is CCOc1ccc(N2CC(C)CN3C4C(=O)N(Cc5cccc(Cl)c5)C(=O)N(C)C4NC23)cc1. The molecular formula is C25H30ClN5O3. The average Bonchev–Trinajstić information content (AvgIpc) is 3.20. The number of imide groups is 1. The molecule has 3 heterocycles. The van der Waals surface area contributed by atoms with Crippen LogP contribution >= 0.6 is 11.6 Å². The van der Waals surface area contributed by atoms with Gasteiger partial charge in [-0.3, -0.25) is 19.9 Å². The summed E-state index contributed by atoms with van der Waals surface area (Å²) in [6, 6.07) is 14.6. The molecule has 9 heteroatoms. The Hall–Kier alpha value is -2.81. The van der Waals surface area contributed by atoms with Crippen molar-refractivity contribution >= 4 is 29.2 Å². The maximum atomic E-state index is 13.7. The lowest BCUT2D eigenvalue weighted by Crippen LogP contribution is -2.66. The van der Waals surface area contributed by atoms with Crippen LogP contribution in [0.15, 0.2) is 48.5 Å². The summed E-state index contributed by atoms with van der Waals surface area (Å²) in [7, 11) is 1.76. The van der Waals surface area contributed by atoms with E-state index < -0.39 is 12.2 Å². The van der Waals surface area contributed by atoms with E-state index in [4.69, 9.17) is 16.3 Å². The number of fused-ring (bicyclic) bond motifs is 3. The molecule has 3 fully saturated rings. The lowest BCUT2D eigenvalue weighted by Gasteiger charge is -2.46. The number of carbonyl (C=O) groups is 2. The zero-order valence-electron chi connectivity index (χ0n) is 19.6. The Kier molecular flexibility index (Phi) is 6.14. The van der Waals surface area contributed by atoms with Gasteiger partial charge in [-0.1, -0.05) is 30.7 Å². The Morgan fingerprint density at radius 1 is 1.12 bits per heavy atom. The molecular weight excluding hydrogens is 454 g/mol. The molecule has 4 atom stereocenters. The molecule has 3 amide bonds. The number of hydrogen-bond donors (Lipinski definition) is 1. The van der Waals surface area contributed by atoms with E-state index in [0.29, 0.717) is 17.5 Å². The van der Waals surface area contributed by atoms with Crippen molar-refractivity contribution in [3.63, 3.8) is 0 Å². The minimum Gasteiger partial charge on any atom is -0.494 e. The quantitative estimate of drug-likeness (QED) is 0.704. The van der Waals surface area contributed by atoms with Crippen LogP contribution in [0.4, 0.5) is 10.5 Å². The van der Waals surface area contributed by atoms with Gasteiger partial charge in [0.05, 0.1) is 13.2 Å². The molecule has 0 aliphatic carbocycles. The summed E-state index contributed by atoms with van der Waals surface area (Å²) >= 11 is 6.13. The monoisotopic (exact) mass is 483 g/mol. The van der Waals surface area contributed by atoms with E-state index in [1.165, 1.54) is 4.90 Å². The smallest absolute Gasteiger partial charge is 0.328 e. The van der Waals surface area contributed by atoms with E-state index in [1.54, 1.807) is 24.1 Å². The second-order valence-corrected chi connectivity index (χ2v) is 9.70. The highest BCUT2D eigenvalue weighted by Gasteiger charge is 2.56. The minimum absolute atomic E-state index is 0.177. The molecule has 3 aliphatic heterocycles. The third-order valence-corrected chi connectivity index (χ3v) is 7.03. The molecule has 0 saturated carbocycles. The Bertz CT molecular complexity index is 1080. The van der Waals surface area contributed by atoms with Crippen LogP contribution in [0.3, 0.4) is 0 Å². The van der Waals surface area contributed by atoms with Gasteiger partial charge in [-0.05, 0) is 54.8 Å². The summed E-state index contributed by atoms with van der Waals surface area (Å²) in [4.78, 5) is 34.4. The van der Waals surface area contributed by atoms with Gasteiger partial charge < -0.3 is 14.5 Å². The zero-order valence-corrected chi connectivity index (χ0v) is 20.4. The van der Waals surface area contributed by atoms with Crippen molar-refractivity contribution in [2.24, 2.45) is 5.92 Å². The van der Waals surface area contributed by atoms with Crippen LogP contribution < -0.4 is 15.0 Å². The fourth-order valence-electron chi connectivity index (χ4n) is 5.28. The van der Waals surface area contributed by atoms with Crippen LogP contribution in [0.2, 0.25) is 5.02 Å². The van der Waals surface area contributed by atoms with Crippen molar-refractivity contribution in [3.8, 4) is 5.75 Å². The van der Waals surface area contributed by atoms with Crippen molar-refractivity contribution in [1.29, 1.82) is 0 Å². The molecule has 34 heavy (non-hydrogen) atoms. The second kappa shape index (κ2) is 9.09. The van der Waals surface area contributed by atoms with Gasteiger partial charge in [-0.25, -0.2) is 4.79 Å². The average molecular weight is 484 g/mol. The number of anilines is 1. The van der Waals surface area contributed by atoms with Crippen molar-refractivity contribution in [2.75, 3.05) is 31.6 Å². The van der Waals surface area contributed by atoms with Crippen molar-refractivity contribution in [2.45, 2.75) is 38.9 Å². The summed E-state index contributed by atoms with van der Waals surface area (Å²) in [6.07, 6.45) is -0.578. The van der Waals surface area contributed by atoms with Crippen LogP contribution in [0.5, 0.6) is 5.75 Å². The number of urea groups is 1. The molecule has 0 radical (unpaired) electrons. The van der Waals surface area contributed by atoms with E-state index >= 15 is 0 Å². The van der Waals surface area contributed by atoms with Crippen LogP contribution in [-0.2, 0) is 11.3 Å². The molecule has 3 saturated heterocycles. The highest BCUT2D eigenvalue weighted by molar-refractivity contribution is 6.30. The first kappa shape index (κ1) is 23.0.